The Balaban J connectivity index is 1.95. The summed E-state index contributed by atoms with van der Waals surface area (Å²) in [6, 6.07) is 11.3. The Hall–Kier alpha value is -1.84. The molecular formula is C16H12Cl2FNO. The van der Waals surface area contributed by atoms with Crippen molar-refractivity contribution in [3.8, 4) is 0 Å². The molecule has 2 nitrogen and oxygen atoms in total. The van der Waals surface area contributed by atoms with E-state index in [1.54, 1.807) is 42.5 Å². The van der Waals surface area contributed by atoms with Gasteiger partial charge in [0.25, 0.3) is 0 Å². The van der Waals surface area contributed by atoms with E-state index in [2.05, 4.69) is 5.32 Å². The number of carbonyl (C=O) groups is 1. The first-order chi connectivity index (χ1) is 10.1. The first-order valence-corrected chi connectivity index (χ1v) is 6.96. The molecule has 21 heavy (non-hydrogen) atoms. The van der Waals surface area contributed by atoms with Gasteiger partial charge in [-0.05, 0) is 29.8 Å². The van der Waals surface area contributed by atoms with Gasteiger partial charge in [0, 0.05) is 28.2 Å². The molecule has 0 atom stereocenters. The Morgan fingerprint density at radius 3 is 2.67 bits per heavy atom. The summed E-state index contributed by atoms with van der Waals surface area (Å²) in [6.45, 7) is 0.129. The van der Waals surface area contributed by atoms with Crippen molar-refractivity contribution in [2.75, 3.05) is 0 Å². The molecule has 1 amide bonds. The fraction of sp³-hybridized carbons (Fsp3) is 0.0625. The average Bonchev–Trinajstić information content (AvgIpc) is 2.45. The maximum absolute atomic E-state index is 13.4. The molecule has 1 N–H and O–H groups in total. The van der Waals surface area contributed by atoms with E-state index in [4.69, 9.17) is 23.2 Å². The molecule has 0 heterocycles. The van der Waals surface area contributed by atoms with Crippen molar-refractivity contribution in [1.29, 1.82) is 0 Å². The summed E-state index contributed by atoms with van der Waals surface area (Å²) in [5.41, 5.74) is 1.12. The van der Waals surface area contributed by atoms with Crippen LogP contribution in [0.5, 0.6) is 0 Å². The Kier molecular flexibility index (Phi) is 5.37. The van der Waals surface area contributed by atoms with Crippen LogP contribution in [-0.4, -0.2) is 5.91 Å². The number of hydrogen-bond acceptors (Lipinski definition) is 1. The Labute approximate surface area is 132 Å². The number of hydrogen-bond donors (Lipinski definition) is 1. The highest BCUT2D eigenvalue weighted by Crippen LogP contribution is 2.21. The second kappa shape index (κ2) is 7.25. The third-order valence-corrected chi connectivity index (χ3v) is 3.35. The number of nitrogens with one attached hydrogen (secondary N) is 1. The van der Waals surface area contributed by atoms with E-state index in [1.165, 1.54) is 12.1 Å². The van der Waals surface area contributed by atoms with Crippen LogP contribution in [0, 0.1) is 5.82 Å². The summed E-state index contributed by atoms with van der Waals surface area (Å²) < 4.78 is 13.4. The smallest absolute Gasteiger partial charge is 0.244 e. The van der Waals surface area contributed by atoms with Crippen LogP contribution in [0.4, 0.5) is 4.39 Å². The van der Waals surface area contributed by atoms with E-state index in [-0.39, 0.29) is 18.3 Å². The van der Waals surface area contributed by atoms with Crippen molar-refractivity contribution in [2.45, 2.75) is 6.54 Å². The third kappa shape index (κ3) is 4.59. The Bertz CT molecular complexity index is 686. The van der Waals surface area contributed by atoms with Crippen LogP contribution in [-0.2, 0) is 11.3 Å². The number of halogens is 3. The monoisotopic (exact) mass is 323 g/mol. The standard InChI is InChI=1S/C16H12Cl2FNO/c17-13-7-5-11(14(18)9-13)6-8-16(21)20-10-12-3-1-2-4-15(12)19/h1-9H,10H2,(H,20,21)/b8-6+. The minimum absolute atomic E-state index is 0.129. The number of benzene rings is 2. The van der Waals surface area contributed by atoms with Crippen molar-refractivity contribution >= 4 is 35.2 Å². The number of amides is 1. The molecule has 0 bridgehead atoms. The second-order valence-electron chi connectivity index (χ2n) is 4.31. The first-order valence-electron chi connectivity index (χ1n) is 6.20. The van der Waals surface area contributed by atoms with Crippen molar-refractivity contribution < 1.29 is 9.18 Å². The zero-order valence-corrected chi connectivity index (χ0v) is 12.5. The highest BCUT2D eigenvalue weighted by Gasteiger charge is 2.02. The van der Waals surface area contributed by atoms with Gasteiger partial charge in [-0.2, -0.15) is 0 Å². The lowest BCUT2D eigenvalue weighted by Crippen LogP contribution is -2.20. The van der Waals surface area contributed by atoms with Gasteiger partial charge in [0.1, 0.15) is 5.82 Å². The third-order valence-electron chi connectivity index (χ3n) is 2.79. The van der Waals surface area contributed by atoms with Crippen LogP contribution in [0.25, 0.3) is 6.08 Å². The minimum atomic E-state index is -0.345. The van der Waals surface area contributed by atoms with E-state index < -0.39 is 0 Å². The molecule has 0 aliphatic heterocycles. The molecule has 0 radical (unpaired) electrons. The predicted molar refractivity (Wildman–Crippen MR) is 83.7 cm³/mol. The molecule has 2 rings (SSSR count). The zero-order chi connectivity index (χ0) is 15.2. The SMILES string of the molecule is O=C(/C=C/c1ccc(Cl)cc1Cl)NCc1ccccc1F. The molecule has 0 aliphatic rings. The molecule has 0 fully saturated rings. The Morgan fingerprint density at radius 1 is 1.19 bits per heavy atom. The summed E-state index contributed by atoms with van der Waals surface area (Å²) in [5.74, 6) is -0.674. The zero-order valence-electron chi connectivity index (χ0n) is 10.9. The van der Waals surface area contributed by atoms with Crippen LogP contribution in [0.1, 0.15) is 11.1 Å². The number of carbonyl (C=O) groups excluding carboxylic acids is 1. The van der Waals surface area contributed by atoms with Crippen LogP contribution in [0.3, 0.4) is 0 Å². The van der Waals surface area contributed by atoms with Gasteiger partial charge >= 0.3 is 0 Å². The van der Waals surface area contributed by atoms with Crippen LogP contribution in [0.2, 0.25) is 10.0 Å². The van der Waals surface area contributed by atoms with Crippen molar-refractivity contribution in [1.82, 2.24) is 5.32 Å². The molecule has 0 aliphatic carbocycles. The summed E-state index contributed by atoms with van der Waals surface area (Å²) in [6.07, 6.45) is 2.92. The Morgan fingerprint density at radius 2 is 1.95 bits per heavy atom. The highest BCUT2D eigenvalue weighted by atomic mass is 35.5. The van der Waals surface area contributed by atoms with Crippen LogP contribution in [0.15, 0.2) is 48.5 Å². The van der Waals surface area contributed by atoms with Gasteiger partial charge in [-0.15, -0.1) is 0 Å². The maximum Gasteiger partial charge on any atom is 0.244 e. The molecule has 0 aromatic heterocycles. The second-order valence-corrected chi connectivity index (χ2v) is 5.15. The predicted octanol–water partition coefficient (Wildman–Crippen LogP) is 4.46. The molecule has 108 valence electrons. The minimum Gasteiger partial charge on any atom is -0.348 e. The largest absolute Gasteiger partial charge is 0.348 e. The lowest BCUT2D eigenvalue weighted by molar-refractivity contribution is -0.116. The maximum atomic E-state index is 13.4. The van der Waals surface area contributed by atoms with E-state index in [9.17, 15) is 9.18 Å². The molecular weight excluding hydrogens is 312 g/mol. The van der Waals surface area contributed by atoms with Crippen molar-refractivity contribution in [3.05, 3.63) is 75.5 Å². The molecule has 2 aromatic rings. The van der Waals surface area contributed by atoms with E-state index >= 15 is 0 Å². The quantitative estimate of drug-likeness (QED) is 0.827. The van der Waals surface area contributed by atoms with Crippen LogP contribution < -0.4 is 5.32 Å². The highest BCUT2D eigenvalue weighted by molar-refractivity contribution is 6.35. The molecule has 0 saturated heterocycles. The fourth-order valence-corrected chi connectivity index (χ4v) is 2.16. The van der Waals surface area contributed by atoms with Gasteiger partial charge in [0.05, 0.1) is 0 Å². The van der Waals surface area contributed by atoms with E-state index in [1.807, 2.05) is 0 Å². The molecule has 0 saturated carbocycles. The van der Waals surface area contributed by atoms with Crippen molar-refractivity contribution in [3.63, 3.8) is 0 Å². The topological polar surface area (TPSA) is 29.1 Å². The average molecular weight is 324 g/mol. The normalized spacial score (nSPS) is 10.8. The lowest BCUT2D eigenvalue weighted by Gasteiger charge is -2.04. The summed E-state index contributed by atoms with van der Waals surface area (Å²) in [7, 11) is 0. The van der Waals surface area contributed by atoms with Crippen molar-refractivity contribution in [2.24, 2.45) is 0 Å². The van der Waals surface area contributed by atoms with Gasteiger partial charge in [-0.3, -0.25) is 4.79 Å². The fourth-order valence-electron chi connectivity index (χ4n) is 1.69. The van der Waals surface area contributed by atoms with E-state index in [0.717, 1.165) is 0 Å². The number of rotatable bonds is 4. The van der Waals surface area contributed by atoms with Crippen LogP contribution >= 0.6 is 23.2 Å². The molecule has 5 heteroatoms. The summed E-state index contributed by atoms with van der Waals surface area (Å²) >= 11 is 11.8. The van der Waals surface area contributed by atoms with Gasteiger partial charge in [0.2, 0.25) is 5.91 Å². The molecule has 0 spiro atoms. The van der Waals surface area contributed by atoms with Gasteiger partial charge in [-0.1, -0.05) is 47.5 Å². The first kappa shape index (κ1) is 15.5. The van der Waals surface area contributed by atoms with E-state index in [0.29, 0.717) is 21.2 Å². The van der Waals surface area contributed by atoms with Gasteiger partial charge < -0.3 is 5.32 Å². The lowest BCUT2D eigenvalue weighted by atomic mass is 10.2. The van der Waals surface area contributed by atoms with Gasteiger partial charge in [-0.25, -0.2) is 4.39 Å². The summed E-state index contributed by atoms with van der Waals surface area (Å²) in [5, 5.41) is 3.59. The molecule has 2 aromatic carbocycles. The summed E-state index contributed by atoms with van der Waals surface area (Å²) in [4.78, 5) is 11.7. The molecule has 0 unspecified atom stereocenters. The van der Waals surface area contributed by atoms with Gasteiger partial charge in [0.15, 0.2) is 0 Å².